The molecule has 0 aromatic carbocycles. The van der Waals surface area contributed by atoms with Gasteiger partial charge in [-0.15, -0.1) is 24.0 Å². The number of aliphatic imine (C=N–C) groups is 1. The molecule has 27 heavy (non-hydrogen) atoms. The topological polar surface area (TPSA) is 66.4 Å². The van der Waals surface area contributed by atoms with Gasteiger partial charge in [0, 0.05) is 52.8 Å². The molecule has 0 aromatic rings. The number of amides is 1. The van der Waals surface area contributed by atoms with E-state index in [9.17, 15) is 4.79 Å². The zero-order valence-electron chi connectivity index (χ0n) is 18.1. The SMILES string of the molecule is CCOCC1CCN(C(=NC)NCC(C)CN(C)C(=O)OC(C)(C)C)C1.I. The Bertz CT molecular complexity index is 468. The van der Waals surface area contributed by atoms with Gasteiger partial charge in [0.25, 0.3) is 0 Å². The first kappa shape index (κ1) is 26.2. The van der Waals surface area contributed by atoms with E-state index in [1.165, 1.54) is 0 Å². The van der Waals surface area contributed by atoms with Gasteiger partial charge in [0.05, 0.1) is 6.61 Å². The van der Waals surface area contributed by atoms with Crippen molar-refractivity contribution in [2.75, 3.05) is 53.5 Å². The van der Waals surface area contributed by atoms with Crippen molar-refractivity contribution in [3.05, 3.63) is 0 Å². The van der Waals surface area contributed by atoms with Crippen molar-refractivity contribution < 1.29 is 14.3 Å². The van der Waals surface area contributed by atoms with Crippen LogP contribution >= 0.6 is 24.0 Å². The van der Waals surface area contributed by atoms with Crippen LogP contribution < -0.4 is 5.32 Å². The minimum Gasteiger partial charge on any atom is -0.444 e. The number of hydrogen-bond acceptors (Lipinski definition) is 4. The predicted molar refractivity (Wildman–Crippen MR) is 121 cm³/mol. The number of carbonyl (C=O) groups excluding carboxylic acids is 1. The number of nitrogens with zero attached hydrogens (tertiary/aromatic N) is 3. The predicted octanol–water partition coefficient (Wildman–Crippen LogP) is 3.04. The second kappa shape index (κ2) is 12.6. The quantitative estimate of drug-likeness (QED) is 0.332. The van der Waals surface area contributed by atoms with Crippen molar-refractivity contribution in [1.29, 1.82) is 0 Å². The van der Waals surface area contributed by atoms with Gasteiger partial charge in [0.2, 0.25) is 0 Å². The van der Waals surface area contributed by atoms with E-state index in [-0.39, 0.29) is 36.0 Å². The Labute approximate surface area is 182 Å². The Morgan fingerprint density at radius 1 is 1.41 bits per heavy atom. The number of hydrogen-bond donors (Lipinski definition) is 1. The third kappa shape index (κ3) is 10.4. The van der Waals surface area contributed by atoms with Gasteiger partial charge < -0.3 is 24.6 Å². The first-order chi connectivity index (χ1) is 12.2. The number of guanidine groups is 1. The van der Waals surface area contributed by atoms with E-state index >= 15 is 0 Å². The molecule has 1 saturated heterocycles. The fourth-order valence-electron chi connectivity index (χ4n) is 2.99. The van der Waals surface area contributed by atoms with Gasteiger partial charge in [-0.2, -0.15) is 0 Å². The molecule has 0 aliphatic carbocycles. The minimum atomic E-state index is -0.470. The van der Waals surface area contributed by atoms with E-state index in [0.29, 0.717) is 12.5 Å². The number of halogens is 1. The first-order valence-corrected chi connectivity index (χ1v) is 9.63. The van der Waals surface area contributed by atoms with Crippen molar-refractivity contribution in [3.63, 3.8) is 0 Å². The van der Waals surface area contributed by atoms with Gasteiger partial charge in [0.1, 0.15) is 5.60 Å². The molecular formula is C19H39IN4O3. The molecule has 2 unspecified atom stereocenters. The summed E-state index contributed by atoms with van der Waals surface area (Å²) in [6.07, 6.45) is 0.851. The van der Waals surface area contributed by atoms with Crippen LogP contribution in [-0.4, -0.2) is 80.9 Å². The lowest BCUT2D eigenvalue weighted by Crippen LogP contribution is -2.44. The largest absolute Gasteiger partial charge is 0.444 e. The van der Waals surface area contributed by atoms with Crippen molar-refractivity contribution in [2.45, 2.75) is 46.6 Å². The molecule has 1 amide bonds. The summed E-state index contributed by atoms with van der Waals surface area (Å²) in [5.74, 6) is 1.78. The van der Waals surface area contributed by atoms with Crippen LogP contribution in [-0.2, 0) is 9.47 Å². The molecule has 1 heterocycles. The number of ether oxygens (including phenoxy) is 2. The molecule has 2 atom stereocenters. The smallest absolute Gasteiger partial charge is 0.410 e. The Hall–Kier alpha value is -0.770. The van der Waals surface area contributed by atoms with Gasteiger partial charge in [-0.25, -0.2) is 4.79 Å². The third-order valence-corrected chi connectivity index (χ3v) is 4.25. The molecule has 1 fully saturated rings. The van der Waals surface area contributed by atoms with Crippen LogP contribution in [0.3, 0.4) is 0 Å². The van der Waals surface area contributed by atoms with Crippen LogP contribution in [0.1, 0.15) is 41.0 Å². The molecule has 0 aromatic heterocycles. The van der Waals surface area contributed by atoms with Crippen LogP contribution in [0, 0.1) is 11.8 Å². The Morgan fingerprint density at radius 2 is 2.07 bits per heavy atom. The Kier molecular flexibility index (Phi) is 12.3. The number of nitrogens with one attached hydrogen (secondary N) is 1. The average Bonchev–Trinajstić information content (AvgIpc) is 3.00. The van der Waals surface area contributed by atoms with Crippen molar-refractivity contribution in [2.24, 2.45) is 16.8 Å². The fourth-order valence-corrected chi connectivity index (χ4v) is 2.99. The third-order valence-electron chi connectivity index (χ3n) is 4.25. The van der Waals surface area contributed by atoms with Gasteiger partial charge >= 0.3 is 6.09 Å². The van der Waals surface area contributed by atoms with Gasteiger partial charge in [0.15, 0.2) is 5.96 Å². The van der Waals surface area contributed by atoms with Crippen molar-refractivity contribution >= 4 is 36.0 Å². The maximum atomic E-state index is 12.1. The van der Waals surface area contributed by atoms with Gasteiger partial charge in [-0.3, -0.25) is 4.99 Å². The Balaban J connectivity index is 0.00000676. The van der Waals surface area contributed by atoms with E-state index in [0.717, 1.165) is 45.2 Å². The first-order valence-electron chi connectivity index (χ1n) is 9.63. The van der Waals surface area contributed by atoms with Gasteiger partial charge in [-0.05, 0) is 40.0 Å². The average molecular weight is 498 g/mol. The maximum Gasteiger partial charge on any atom is 0.410 e. The monoisotopic (exact) mass is 498 g/mol. The highest BCUT2D eigenvalue weighted by atomic mass is 127. The Morgan fingerprint density at radius 3 is 2.63 bits per heavy atom. The maximum absolute atomic E-state index is 12.1. The lowest BCUT2D eigenvalue weighted by Gasteiger charge is -2.27. The molecular weight excluding hydrogens is 459 g/mol. The van der Waals surface area contributed by atoms with E-state index in [4.69, 9.17) is 9.47 Å². The fraction of sp³-hybridized carbons (Fsp3) is 0.895. The molecule has 1 aliphatic heterocycles. The summed E-state index contributed by atoms with van der Waals surface area (Å²) >= 11 is 0. The highest BCUT2D eigenvalue weighted by Crippen LogP contribution is 2.16. The van der Waals surface area contributed by atoms with Crippen LogP contribution in [0.25, 0.3) is 0 Å². The molecule has 0 saturated carbocycles. The molecule has 1 N–H and O–H groups in total. The van der Waals surface area contributed by atoms with E-state index in [1.807, 2.05) is 34.7 Å². The zero-order chi connectivity index (χ0) is 19.7. The minimum absolute atomic E-state index is 0. The number of likely N-dealkylation sites (tertiary alicyclic amines) is 1. The second-order valence-corrected chi connectivity index (χ2v) is 8.15. The molecule has 0 bridgehead atoms. The lowest BCUT2D eigenvalue weighted by atomic mass is 10.1. The molecule has 160 valence electrons. The zero-order valence-corrected chi connectivity index (χ0v) is 20.4. The molecule has 0 spiro atoms. The molecule has 1 rings (SSSR count). The lowest BCUT2D eigenvalue weighted by molar-refractivity contribution is 0.0278. The van der Waals surface area contributed by atoms with E-state index in [2.05, 4.69) is 22.1 Å². The van der Waals surface area contributed by atoms with E-state index < -0.39 is 5.60 Å². The summed E-state index contributed by atoms with van der Waals surface area (Å²) in [6, 6.07) is 0. The molecule has 7 nitrogen and oxygen atoms in total. The van der Waals surface area contributed by atoms with E-state index in [1.54, 1.807) is 11.9 Å². The van der Waals surface area contributed by atoms with Crippen molar-refractivity contribution in [3.8, 4) is 0 Å². The summed E-state index contributed by atoms with van der Waals surface area (Å²) < 4.78 is 10.9. The molecule has 1 aliphatic rings. The normalized spacial score (nSPS) is 18.7. The van der Waals surface area contributed by atoms with Gasteiger partial charge in [-0.1, -0.05) is 6.92 Å². The standard InChI is InChI=1S/C19H38N4O3.HI/c1-8-25-14-16-9-10-23(13-16)17(20-6)21-11-15(2)12-22(7)18(24)26-19(3,4)5;/h15-16H,8-14H2,1-7H3,(H,20,21);1H. The van der Waals surface area contributed by atoms with Crippen molar-refractivity contribution in [1.82, 2.24) is 15.1 Å². The highest BCUT2D eigenvalue weighted by Gasteiger charge is 2.25. The van der Waals surface area contributed by atoms with Crippen LogP contribution in [0.4, 0.5) is 4.79 Å². The second-order valence-electron chi connectivity index (χ2n) is 8.15. The molecule has 0 radical (unpaired) electrons. The number of carbonyl (C=O) groups is 1. The number of rotatable bonds is 7. The summed E-state index contributed by atoms with van der Waals surface area (Å²) in [7, 11) is 3.59. The summed E-state index contributed by atoms with van der Waals surface area (Å²) in [5.41, 5.74) is -0.470. The summed E-state index contributed by atoms with van der Waals surface area (Å²) in [4.78, 5) is 20.4. The van der Waals surface area contributed by atoms with Crippen LogP contribution in [0.2, 0.25) is 0 Å². The van der Waals surface area contributed by atoms with Crippen LogP contribution in [0.5, 0.6) is 0 Å². The van der Waals surface area contributed by atoms with Crippen LogP contribution in [0.15, 0.2) is 4.99 Å². The molecule has 8 heteroatoms. The highest BCUT2D eigenvalue weighted by molar-refractivity contribution is 14.0. The summed E-state index contributed by atoms with van der Waals surface area (Å²) in [5, 5.41) is 3.44. The summed E-state index contributed by atoms with van der Waals surface area (Å²) in [6.45, 7) is 14.7.